The molecule has 11 nitrogen and oxygen atoms in total. The Hall–Kier alpha value is -3.80. The Kier molecular flexibility index (Phi) is 4.03. The molecule has 5 rings (SSSR count). The molecule has 0 saturated heterocycles. The maximum Gasteiger partial charge on any atom is 0.345 e. The van der Waals surface area contributed by atoms with Gasteiger partial charge in [0.2, 0.25) is 10.7 Å². The molecule has 3 aromatic heterocycles. The van der Waals surface area contributed by atoms with Crippen LogP contribution in [0.5, 0.6) is 0 Å². The highest BCUT2D eigenvalue weighted by Crippen LogP contribution is 2.28. The summed E-state index contributed by atoms with van der Waals surface area (Å²) < 4.78 is 8.46. The predicted molar refractivity (Wildman–Crippen MR) is 108 cm³/mol. The second-order valence-electron chi connectivity index (χ2n) is 6.67. The van der Waals surface area contributed by atoms with E-state index in [1.165, 1.54) is 22.5 Å². The third-order valence-electron chi connectivity index (χ3n) is 4.60. The van der Waals surface area contributed by atoms with Crippen molar-refractivity contribution >= 4 is 34.1 Å². The number of para-hydroxylation sites is 1. The maximum atomic E-state index is 12.6. The van der Waals surface area contributed by atoms with Gasteiger partial charge in [0, 0.05) is 22.9 Å². The molecule has 0 fully saturated rings. The van der Waals surface area contributed by atoms with E-state index in [1.54, 1.807) is 22.9 Å². The van der Waals surface area contributed by atoms with E-state index in [0.717, 1.165) is 11.4 Å². The number of hydrogen-bond donors (Lipinski definition) is 0. The molecule has 12 heteroatoms. The molecule has 0 aliphatic carbocycles. The highest BCUT2D eigenvalue weighted by atomic mass is 32.2. The Morgan fingerprint density at radius 3 is 2.80 bits per heavy atom. The van der Waals surface area contributed by atoms with Gasteiger partial charge in [-0.25, -0.2) is 9.48 Å². The topological polar surface area (TPSA) is 134 Å². The van der Waals surface area contributed by atoms with Crippen molar-refractivity contribution in [1.29, 1.82) is 0 Å². The van der Waals surface area contributed by atoms with E-state index < -0.39 is 10.5 Å². The molecule has 1 aliphatic rings. The second-order valence-corrected chi connectivity index (χ2v) is 7.61. The van der Waals surface area contributed by atoms with Crippen LogP contribution in [0.3, 0.4) is 0 Å². The summed E-state index contributed by atoms with van der Waals surface area (Å²) in [5.74, 6) is 0.779. The lowest BCUT2D eigenvalue weighted by Crippen LogP contribution is -2.21. The van der Waals surface area contributed by atoms with Crippen molar-refractivity contribution in [2.75, 3.05) is 5.75 Å². The van der Waals surface area contributed by atoms with Gasteiger partial charge in [0.25, 0.3) is 5.95 Å². The average molecular weight is 423 g/mol. The highest BCUT2D eigenvalue weighted by Gasteiger charge is 2.25. The van der Waals surface area contributed by atoms with Crippen LogP contribution in [0.1, 0.15) is 17.0 Å². The Morgan fingerprint density at radius 1 is 1.23 bits per heavy atom. The number of fused-ring (bicyclic) bond motifs is 2. The summed E-state index contributed by atoms with van der Waals surface area (Å²) in [6.45, 7) is 3.77. The summed E-state index contributed by atoms with van der Waals surface area (Å²) in [7, 11) is 0. The SMILES string of the molecule is Cc1cc(C)n(-c2nnc3n2N=C(c2cc4cccc([N+](=O)[O-])c4oc2=O)CS3)n1. The number of aromatic nitrogens is 5. The minimum atomic E-state index is -0.694. The number of aryl methyl sites for hydroxylation is 2. The number of thioether (sulfide) groups is 1. The van der Waals surface area contributed by atoms with Gasteiger partial charge in [-0.15, -0.1) is 10.2 Å². The van der Waals surface area contributed by atoms with Crippen LogP contribution in [-0.4, -0.2) is 41.0 Å². The smallest absolute Gasteiger partial charge is 0.345 e. The summed E-state index contributed by atoms with van der Waals surface area (Å²) in [5, 5.41) is 29.5. The lowest BCUT2D eigenvalue weighted by atomic mass is 10.1. The summed E-state index contributed by atoms with van der Waals surface area (Å²) in [6, 6.07) is 7.96. The van der Waals surface area contributed by atoms with Gasteiger partial charge in [-0.05, 0) is 26.0 Å². The van der Waals surface area contributed by atoms with E-state index in [9.17, 15) is 14.9 Å². The zero-order valence-corrected chi connectivity index (χ0v) is 16.6. The molecule has 4 aromatic rings. The van der Waals surface area contributed by atoms with Gasteiger partial charge in [0.1, 0.15) is 0 Å². The lowest BCUT2D eigenvalue weighted by Gasteiger charge is -2.13. The van der Waals surface area contributed by atoms with E-state index in [4.69, 9.17) is 4.42 Å². The molecule has 30 heavy (non-hydrogen) atoms. The third-order valence-corrected chi connectivity index (χ3v) is 5.53. The number of nitrogens with zero attached hydrogens (tertiary/aromatic N) is 7. The molecular weight excluding hydrogens is 410 g/mol. The normalized spacial score (nSPS) is 13.3. The Balaban J connectivity index is 1.66. The average Bonchev–Trinajstić information content (AvgIpc) is 3.28. The number of rotatable bonds is 3. The first kappa shape index (κ1) is 18.2. The monoisotopic (exact) mass is 423 g/mol. The van der Waals surface area contributed by atoms with Gasteiger partial charge in [-0.3, -0.25) is 10.1 Å². The standard InChI is InChI=1S/C18H13N7O4S/c1-9-6-10(2)23(21-9)17-19-20-18-24(17)22-13(8-30-18)12-7-11-4-3-5-14(25(27)28)15(11)29-16(12)26/h3-7H,8H2,1-2H3. The van der Waals surface area contributed by atoms with Crippen molar-refractivity contribution in [3.05, 3.63) is 67.8 Å². The molecule has 0 amide bonds. The zero-order valence-electron chi connectivity index (χ0n) is 15.8. The first-order chi connectivity index (χ1) is 14.4. The van der Waals surface area contributed by atoms with Crippen molar-refractivity contribution in [2.24, 2.45) is 5.10 Å². The van der Waals surface area contributed by atoms with Crippen LogP contribution >= 0.6 is 11.8 Å². The number of nitro groups is 1. The highest BCUT2D eigenvalue weighted by molar-refractivity contribution is 7.99. The van der Waals surface area contributed by atoms with Crippen LogP contribution in [-0.2, 0) is 0 Å². The van der Waals surface area contributed by atoms with E-state index in [1.807, 2.05) is 19.9 Å². The number of non-ortho nitro benzene ring substituents is 1. The molecule has 0 spiro atoms. The van der Waals surface area contributed by atoms with Gasteiger partial charge in [-0.1, -0.05) is 23.9 Å². The molecule has 0 saturated carbocycles. The molecule has 0 unspecified atom stereocenters. The fraction of sp³-hybridized carbons (Fsp3) is 0.167. The molecular formula is C18H13N7O4S. The van der Waals surface area contributed by atoms with Crippen LogP contribution < -0.4 is 5.63 Å². The van der Waals surface area contributed by atoms with E-state index in [2.05, 4.69) is 20.4 Å². The molecule has 1 aromatic carbocycles. The van der Waals surface area contributed by atoms with Crippen molar-refractivity contribution in [3.63, 3.8) is 0 Å². The van der Waals surface area contributed by atoms with Crippen LogP contribution in [0.15, 0.2) is 49.8 Å². The number of benzene rings is 1. The van der Waals surface area contributed by atoms with Crippen LogP contribution in [0, 0.1) is 24.0 Å². The van der Waals surface area contributed by atoms with Gasteiger partial charge < -0.3 is 4.42 Å². The van der Waals surface area contributed by atoms with Gasteiger partial charge in [0.05, 0.1) is 21.9 Å². The Morgan fingerprint density at radius 2 is 2.07 bits per heavy atom. The molecule has 0 radical (unpaired) electrons. The zero-order chi connectivity index (χ0) is 21.0. The fourth-order valence-corrected chi connectivity index (χ4v) is 4.11. The second kappa shape index (κ2) is 6.62. The molecule has 150 valence electrons. The van der Waals surface area contributed by atoms with Crippen LogP contribution in [0.2, 0.25) is 0 Å². The van der Waals surface area contributed by atoms with Gasteiger partial charge >= 0.3 is 11.3 Å². The van der Waals surface area contributed by atoms with E-state index >= 15 is 0 Å². The third kappa shape index (κ3) is 2.80. The number of hydrogen-bond acceptors (Lipinski definition) is 9. The molecule has 4 heterocycles. The molecule has 0 atom stereocenters. The van der Waals surface area contributed by atoms with Crippen LogP contribution in [0.25, 0.3) is 16.9 Å². The Bertz CT molecular complexity index is 1430. The lowest BCUT2D eigenvalue weighted by molar-refractivity contribution is -0.383. The minimum Gasteiger partial charge on any atom is -0.415 e. The van der Waals surface area contributed by atoms with Crippen molar-refractivity contribution < 1.29 is 9.34 Å². The van der Waals surface area contributed by atoms with Gasteiger partial charge in [0.15, 0.2) is 0 Å². The summed E-state index contributed by atoms with van der Waals surface area (Å²) in [6.07, 6.45) is 0. The number of nitro benzene ring substituents is 1. The van der Waals surface area contributed by atoms with Crippen molar-refractivity contribution in [2.45, 2.75) is 19.0 Å². The molecule has 0 bridgehead atoms. The maximum absolute atomic E-state index is 12.6. The summed E-state index contributed by atoms with van der Waals surface area (Å²) in [5.41, 5.74) is 1.37. The van der Waals surface area contributed by atoms with E-state index in [0.29, 0.717) is 28.0 Å². The summed E-state index contributed by atoms with van der Waals surface area (Å²) >= 11 is 1.37. The van der Waals surface area contributed by atoms with Crippen LogP contribution in [0.4, 0.5) is 5.69 Å². The summed E-state index contributed by atoms with van der Waals surface area (Å²) in [4.78, 5) is 23.3. The first-order valence-corrected chi connectivity index (χ1v) is 9.82. The molecule has 1 aliphatic heterocycles. The van der Waals surface area contributed by atoms with Crippen molar-refractivity contribution in [3.8, 4) is 5.95 Å². The fourth-order valence-electron chi connectivity index (χ4n) is 3.29. The first-order valence-electron chi connectivity index (χ1n) is 8.84. The van der Waals surface area contributed by atoms with Crippen molar-refractivity contribution in [1.82, 2.24) is 24.7 Å². The minimum absolute atomic E-state index is 0.0615. The Labute approximate surface area is 172 Å². The van der Waals surface area contributed by atoms with E-state index in [-0.39, 0.29) is 16.8 Å². The van der Waals surface area contributed by atoms with Gasteiger partial charge in [-0.2, -0.15) is 14.9 Å². The predicted octanol–water partition coefficient (Wildman–Crippen LogP) is 2.45. The quantitative estimate of drug-likeness (QED) is 0.279. The largest absolute Gasteiger partial charge is 0.415 e. The molecule has 0 N–H and O–H groups in total.